The van der Waals surface area contributed by atoms with Crippen molar-refractivity contribution in [2.24, 2.45) is 5.92 Å². The Morgan fingerprint density at radius 2 is 1.90 bits per heavy atom. The van der Waals surface area contributed by atoms with Gasteiger partial charge in [-0.25, -0.2) is 18.1 Å². The quantitative estimate of drug-likeness (QED) is 0.483. The van der Waals surface area contributed by atoms with Gasteiger partial charge in [-0.1, -0.05) is 43.7 Å². The van der Waals surface area contributed by atoms with E-state index in [1.54, 1.807) is 18.2 Å². The number of benzene rings is 2. The third kappa shape index (κ3) is 4.25. The van der Waals surface area contributed by atoms with Crippen LogP contribution in [0.25, 0.3) is 22.4 Å². The van der Waals surface area contributed by atoms with Gasteiger partial charge in [0.2, 0.25) is 5.89 Å². The van der Waals surface area contributed by atoms with Crippen molar-refractivity contribution < 1.29 is 17.6 Å². The average molecular weight is 438 g/mol. The second-order valence-electron chi connectivity index (χ2n) is 7.90. The van der Waals surface area contributed by atoms with Gasteiger partial charge in [-0.15, -0.1) is 0 Å². The molecule has 0 saturated heterocycles. The van der Waals surface area contributed by atoms with E-state index < -0.39 is 15.9 Å². The number of nitrogens with one attached hydrogen (secondary N) is 1. The highest BCUT2D eigenvalue weighted by atomic mass is 32.2. The molecule has 4 aromatic rings. The van der Waals surface area contributed by atoms with Crippen molar-refractivity contribution in [1.29, 1.82) is 0 Å². The summed E-state index contributed by atoms with van der Waals surface area (Å²) in [5, 5.41) is 0.964. The lowest BCUT2D eigenvalue weighted by Gasteiger charge is -2.08. The number of rotatable bonds is 6. The lowest BCUT2D eigenvalue weighted by Crippen LogP contribution is -2.30. The Hall–Kier alpha value is -3.39. The molecule has 4 rings (SSSR count). The van der Waals surface area contributed by atoms with Crippen LogP contribution in [0, 0.1) is 12.8 Å². The summed E-state index contributed by atoms with van der Waals surface area (Å²) < 4.78 is 34.6. The number of carbonyl (C=O) groups is 1. The zero-order chi connectivity index (χ0) is 22.2. The van der Waals surface area contributed by atoms with Gasteiger partial charge in [-0.2, -0.15) is 0 Å². The summed E-state index contributed by atoms with van der Waals surface area (Å²) in [7, 11) is -4.00. The minimum atomic E-state index is -4.00. The first-order chi connectivity index (χ1) is 14.7. The number of hydrogen-bond donors (Lipinski definition) is 1. The Kier molecular flexibility index (Phi) is 5.41. The van der Waals surface area contributed by atoms with Crippen LogP contribution in [-0.2, 0) is 16.6 Å². The fraction of sp³-hybridized carbons (Fsp3) is 0.217. The summed E-state index contributed by atoms with van der Waals surface area (Å²) in [5.41, 5.74) is 2.79. The largest absolute Gasteiger partial charge is 0.444 e. The molecular weight excluding hydrogens is 414 g/mol. The number of fused-ring (bicyclic) bond motifs is 1. The Balaban J connectivity index is 1.67. The van der Waals surface area contributed by atoms with Gasteiger partial charge in [0, 0.05) is 23.6 Å². The van der Waals surface area contributed by atoms with E-state index in [0.29, 0.717) is 5.92 Å². The SMILES string of the molecule is Cc1ccc2c(c1)c(-c1nc(C(=O)NS(=O)(=O)c3ccccc3)co1)cn2CC(C)C. The molecule has 0 aliphatic carbocycles. The van der Waals surface area contributed by atoms with Crippen LogP contribution in [0.1, 0.15) is 29.9 Å². The Labute approximate surface area is 180 Å². The number of aromatic nitrogens is 2. The summed E-state index contributed by atoms with van der Waals surface area (Å²) in [6.45, 7) is 7.11. The maximum absolute atomic E-state index is 12.5. The minimum absolute atomic E-state index is 0.000649. The van der Waals surface area contributed by atoms with Crippen LogP contribution in [0.5, 0.6) is 0 Å². The first-order valence-corrected chi connectivity index (χ1v) is 11.4. The number of sulfonamides is 1. The molecule has 160 valence electrons. The zero-order valence-electron chi connectivity index (χ0n) is 17.5. The highest BCUT2D eigenvalue weighted by molar-refractivity contribution is 7.90. The van der Waals surface area contributed by atoms with Gasteiger partial charge >= 0.3 is 0 Å². The van der Waals surface area contributed by atoms with E-state index in [4.69, 9.17) is 4.42 Å². The molecule has 2 heterocycles. The van der Waals surface area contributed by atoms with Gasteiger partial charge in [0.05, 0.1) is 10.5 Å². The molecule has 0 radical (unpaired) electrons. The lowest BCUT2D eigenvalue weighted by atomic mass is 10.1. The van der Waals surface area contributed by atoms with E-state index in [9.17, 15) is 13.2 Å². The van der Waals surface area contributed by atoms with Crippen molar-refractivity contribution in [3.63, 3.8) is 0 Å². The molecule has 0 spiro atoms. The number of amides is 1. The highest BCUT2D eigenvalue weighted by Crippen LogP contribution is 2.31. The van der Waals surface area contributed by atoms with Crippen molar-refractivity contribution >= 4 is 26.8 Å². The van der Waals surface area contributed by atoms with E-state index in [2.05, 4.69) is 29.5 Å². The first kappa shape index (κ1) is 20.9. The fourth-order valence-electron chi connectivity index (χ4n) is 3.46. The fourth-order valence-corrected chi connectivity index (χ4v) is 4.44. The summed E-state index contributed by atoms with van der Waals surface area (Å²) in [4.78, 5) is 16.8. The molecule has 31 heavy (non-hydrogen) atoms. The van der Waals surface area contributed by atoms with Crippen LogP contribution >= 0.6 is 0 Å². The molecule has 2 aromatic carbocycles. The Bertz CT molecular complexity index is 1350. The predicted molar refractivity (Wildman–Crippen MR) is 118 cm³/mol. The third-order valence-corrected chi connectivity index (χ3v) is 6.19. The smallest absolute Gasteiger partial charge is 0.286 e. The van der Waals surface area contributed by atoms with Crippen LogP contribution in [-0.4, -0.2) is 23.9 Å². The van der Waals surface area contributed by atoms with Crippen LogP contribution in [0.4, 0.5) is 0 Å². The zero-order valence-corrected chi connectivity index (χ0v) is 18.3. The summed E-state index contributed by atoms with van der Waals surface area (Å²) in [5.74, 6) is -0.139. The van der Waals surface area contributed by atoms with Gasteiger partial charge in [0.15, 0.2) is 5.69 Å². The molecular formula is C23H23N3O4S. The second-order valence-corrected chi connectivity index (χ2v) is 9.58. The molecule has 1 N–H and O–H groups in total. The molecule has 0 bridgehead atoms. The lowest BCUT2D eigenvalue weighted by molar-refractivity contribution is 0.0976. The van der Waals surface area contributed by atoms with Gasteiger partial charge in [0.1, 0.15) is 6.26 Å². The van der Waals surface area contributed by atoms with Crippen molar-refractivity contribution in [2.75, 3.05) is 0 Å². The van der Waals surface area contributed by atoms with Crippen LogP contribution < -0.4 is 4.72 Å². The van der Waals surface area contributed by atoms with Crippen LogP contribution in [0.2, 0.25) is 0 Å². The van der Waals surface area contributed by atoms with Gasteiger partial charge < -0.3 is 8.98 Å². The van der Waals surface area contributed by atoms with Gasteiger partial charge in [0.25, 0.3) is 15.9 Å². The van der Waals surface area contributed by atoms with Crippen LogP contribution in [0.3, 0.4) is 0 Å². The van der Waals surface area contributed by atoms with Crippen molar-refractivity contribution in [3.05, 3.63) is 72.2 Å². The van der Waals surface area contributed by atoms with Crippen molar-refractivity contribution in [2.45, 2.75) is 32.2 Å². The highest BCUT2D eigenvalue weighted by Gasteiger charge is 2.22. The monoisotopic (exact) mass is 437 g/mol. The van der Waals surface area contributed by atoms with Gasteiger partial charge in [-0.05, 0) is 37.1 Å². The second kappa shape index (κ2) is 8.03. The van der Waals surface area contributed by atoms with E-state index in [1.165, 1.54) is 18.4 Å². The molecule has 0 atom stereocenters. The molecule has 0 aliphatic heterocycles. The third-order valence-electron chi connectivity index (χ3n) is 4.85. The normalized spacial score (nSPS) is 11.9. The number of oxazole rings is 1. The molecule has 1 amide bonds. The topological polar surface area (TPSA) is 94.2 Å². The molecule has 0 aliphatic rings. The maximum Gasteiger partial charge on any atom is 0.286 e. The molecule has 0 saturated carbocycles. The molecule has 8 heteroatoms. The van der Waals surface area contributed by atoms with Crippen molar-refractivity contribution in [1.82, 2.24) is 14.3 Å². The Morgan fingerprint density at radius 1 is 1.16 bits per heavy atom. The van der Waals surface area contributed by atoms with E-state index >= 15 is 0 Å². The maximum atomic E-state index is 12.5. The van der Waals surface area contributed by atoms with E-state index in [-0.39, 0.29) is 16.5 Å². The number of nitrogens with zero attached hydrogens (tertiary/aromatic N) is 2. The number of aryl methyl sites for hydroxylation is 1. The van der Waals surface area contributed by atoms with E-state index in [0.717, 1.165) is 28.6 Å². The number of carbonyl (C=O) groups excluding carboxylic acids is 1. The minimum Gasteiger partial charge on any atom is -0.444 e. The number of hydrogen-bond acceptors (Lipinski definition) is 5. The Morgan fingerprint density at radius 3 is 2.61 bits per heavy atom. The summed E-state index contributed by atoms with van der Waals surface area (Å²) in [6.07, 6.45) is 3.13. The molecule has 0 unspecified atom stereocenters. The standard InChI is InChI=1S/C23H23N3O4S/c1-15(2)12-26-13-19(18-11-16(3)9-10-21(18)26)23-24-20(14-30-23)22(27)25-31(28,29)17-7-5-4-6-8-17/h4-11,13-15H,12H2,1-3H3,(H,25,27). The first-order valence-electron chi connectivity index (χ1n) is 9.92. The molecule has 7 nitrogen and oxygen atoms in total. The predicted octanol–water partition coefficient (Wildman–Crippen LogP) is 4.38. The molecule has 2 aromatic heterocycles. The van der Waals surface area contributed by atoms with Crippen molar-refractivity contribution in [3.8, 4) is 11.5 Å². The van der Waals surface area contributed by atoms with Crippen LogP contribution in [0.15, 0.2) is 70.3 Å². The van der Waals surface area contributed by atoms with E-state index in [1.807, 2.05) is 30.0 Å². The summed E-state index contributed by atoms with van der Waals surface area (Å²) in [6, 6.07) is 13.8. The molecule has 0 fully saturated rings. The average Bonchev–Trinajstić information content (AvgIpc) is 3.33. The summed E-state index contributed by atoms with van der Waals surface area (Å²) >= 11 is 0. The van der Waals surface area contributed by atoms with Gasteiger partial charge in [-0.3, -0.25) is 4.79 Å².